The molecule has 160 valence electrons. The highest BCUT2D eigenvalue weighted by molar-refractivity contribution is 5.69. The maximum atomic E-state index is 14.9. The molecule has 2 aromatic rings. The summed E-state index contributed by atoms with van der Waals surface area (Å²) in [7, 11) is 0. The topological polar surface area (TPSA) is 58.6 Å². The van der Waals surface area contributed by atoms with Crippen molar-refractivity contribution in [2.24, 2.45) is 11.3 Å². The summed E-state index contributed by atoms with van der Waals surface area (Å²) in [6, 6.07) is 12.8. The molecule has 0 aromatic heterocycles. The average Bonchev–Trinajstić information content (AvgIpc) is 2.75. The smallest absolute Gasteiger partial charge is 0.317 e. The van der Waals surface area contributed by atoms with Crippen molar-refractivity contribution in [3.8, 4) is 16.9 Å². The molecule has 2 N–H and O–H groups in total. The second kappa shape index (κ2) is 8.76. The zero-order valence-electron chi connectivity index (χ0n) is 17.5. The highest BCUT2D eigenvalue weighted by atomic mass is 19.1. The number of halogens is 1. The fraction of sp³-hybridized carbons (Fsp3) is 0.480. The maximum absolute atomic E-state index is 14.9. The molecule has 2 aliphatic rings. The summed E-state index contributed by atoms with van der Waals surface area (Å²) in [6.07, 6.45) is 7.80. The van der Waals surface area contributed by atoms with Gasteiger partial charge in [-0.15, -0.1) is 0 Å². The summed E-state index contributed by atoms with van der Waals surface area (Å²) in [5, 5.41) is 11.5. The Morgan fingerprint density at radius 3 is 2.43 bits per heavy atom. The van der Waals surface area contributed by atoms with Crippen molar-refractivity contribution in [1.29, 1.82) is 0 Å². The van der Waals surface area contributed by atoms with Gasteiger partial charge in [-0.25, -0.2) is 4.39 Å². The van der Waals surface area contributed by atoms with E-state index in [1.165, 1.54) is 25.7 Å². The fourth-order valence-corrected chi connectivity index (χ4v) is 5.02. The molecule has 2 aliphatic carbocycles. The molecule has 1 atom stereocenters. The zero-order chi connectivity index (χ0) is 21.1. The van der Waals surface area contributed by atoms with Gasteiger partial charge in [0.25, 0.3) is 0 Å². The first-order valence-corrected chi connectivity index (χ1v) is 10.9. The van der Waals surface area contributed by atoms with Gasteiger partial charge >= 0.3 is 5.97 Å². The summed E-state index contributed by atoms with van der Waals surface area (Å²) in [5.74, 6) is 0.414. The largest absolute Gasteiger partial charge is 0.490 e. The molecule has 0 bridgehead atoms. The van der Waals surface area contributed by atoms with E-state index in [1.54, 1.807) is 18.2 Å². The molecule has 1 unspecified atom stereocenters. The molecule has 0 amide bonds. The molecule has 0 radical (unpaired) electrons. The van der Waals surface area contributed by atoms with Gasteiger partial charge in [-0.05, 0) is 67.6 Å². The number of aliphatic carboxylic acids is 1. The third-order valence-corrected chi connectivity index (χ3v) is 7.19. The Bertz CT molecular complexity index is 888. The normalized spacial score (nSPS) is 25.7. The predicted molar refractivity (Wildman–Crippen MR) is 115 cm³/mol. The van der Waals surface area contributed by atoms with Gasteiger partial charge in [0.05, 0.1) is 12.6 Å². The van der Waals surface area contributed by atoms with Crippen LogP contribution in [0.15, 0.2) is 42.5 Å². The van der Waals surface area contributed by atoms with Crippen LogP contribution in [0.5, 0.6) is 5.75 Å². The summed E-state index contributed by atoms with van der Waals surface area (Å²) < 4.78 is 21.1. The van der Waals surface area contributed by atoms with E-state index in [9.17, 15) is 9.18 Å². The molecular formula is C25H30FNO3. The molecule has 4 nitrogen and oxygen atoms in total. The molecule has 2 fully saturated rings. The van der Waals surface area contributed by atoms with Crippen LogP contribution in [0.3, 0.4) is 0 Å². The Morgan fingerprint density at radius 2 is 1.83 bits per heavy atom. The Hall–Kier alpha value is -2.40. The molecule has 0 heterocycles. The monoisotopic (exact) mass is 411 g/mol. The summed E-state index contributed by atoms with van der Waals surface area (Å²) in [6.45, 7) is 2.37. The second-order valence-corrected chi connectivity index (χ2v) is 8.92. The fourth-order valence-electron chi connectivity index (χ4n) is 5.02. The van der Waals surface area contributed by atoms with Crippen LogP contribution in [0, 0.1) is 17.2 Å². The van der Waals surface area contributed by atoms with Gasteiger partial charge in [0.15, 0.2) is 0 Å². The predicted octanol–water partition coefficient (Wildman–Crippen LogP) is 5.40. The van der Waals surface area contributed by atoms with Crippen molar-refractivity contribution in [2.45, 2.75) is 58.1 Å². The Kier molecular flexibility index (Phi) is 6.09. The van der Waals surface area contributed by atoms with Crippen LogP contribution < -0.4 is 10.1 Å². The molecule has 0 aliphatic heterocycles. The Balaban J connectivity index is 1.37. The van der Waals surface area contributed by atoms with Crippen molar-refractivity contribution < 1.29 is 19.0 Å². The third-order valence-electron chi connectivity index (χ3n) is 7.19. The van der Waals surface area contributed by atoms with Gasteiger partial charge in [0, 0.05) is 17.7 Å². The highest BCUT2D eigenvalue weighted by Crippen LogP contribution is 2.55. The van der Waals surface area contributed by atoms with Crippen LogP contribution in [-0.4, -0.2) is 23.7 Å². The molecule has 2 saturated carbocycles. The highest BCUT2D eigenvalue weighted by Gasteiger charge is 2.46. The number of ether oxygens (including phenoxy) is 1. The average molecular weight is 412 g/mol. The number of carboxylic acids is 1. The molecule has 0 saturated heterocycles. The third kappa shape index (κ3) is 4.36. The minimum atomic E-state index is -0.961. The molecule has 2 aromatic carbocycles. The minimum absolute atomic E-state index is 0.176. The lowest BCUT2D eigenvalue weighted by atomic mass is 9.54. The van der Waals surface area contributed by atoms with E-state index in [0.717, 1.165) is 30.1 Å². The van der Waals surface area contributed by atoms with E-state index in [0.29, 0.717) is 16.5 Å². The van der Waals surface area contributed by atoms with Gasteiger partial charge in [-0.3, -0.25) is 4.79 Å². The van der Waals surface area contributed by atoms with Crippen LogP contribution in [0.1, 0.15) is 51.0 Å². The van der Waals surface area contributed by atoms with Crippen molar-refractivity contribution in [3.63, 3.8) is 0 Å². The number of nitrogens with one attached hydrogen (secondary N) is 1. The lowest BCUT2D eigenvalue weighted by Gasteiger charge is -2.52. The first kappa shape index (κ1) is 20.9. The number of hydrogen-bond acceptors (Lipinski definition) is 3. The summed E-state index contributed by atoms with van der Waals surface area (Å²) in [5.41, 5.74) is 2.34. The molecular weight excluding hydrogens is 381 g/mol. The molecule has 5 heteroatoms. The molecule has 1 spiro atoms. The Labute approximate surface area is 177 Å². The van der Waals surface area contributed by atoms with E-state index < -0.39 is 5.97 Å². The van der Waals surface area contributed by atoms with E-state index in [1.807, 2.05) is 24.3 Å². The van der Waals surface area contributed by atoms with Crippen molar-refractivity contribution in [1.82, 2.24) is 5.32 Å². The first-order chi connectivity index (χ1) is 14.5. The number of hydrogen-bond donors (Lipinski definition) is 2. The zero-order valence-corrected chi connectivity index (χ0v) is 17.5. The van der Waals surface area contributed by atoms with Crippen LogP contribution in [0.2, 0.25) is 0 Å². The lowest BCUT2D eigenvalue weighted by Crippen LogP contribution is -2.43. The number of benzene rings is 2. The number of rotatable bonds is 7. The standard InChI is InChI=1S/C25H30FNO3/c1-17-9-12-25(17)13-10-21(11-14-25)30-20-7-5-18(6-8-20)22-4-2-3-19(24(22)26)15-27-16-23(28)29/h2-8,17,21,27H,9-16H2,1H3,(H,28,29). The lowest BCUT2D eigenvalue weighted by molar-refractivity contribution is -0.136. The minimum Gasteiger partial charge on any atom is -0.490 e. The van der Waals surface area contributed by atoms with E-state index in [-0.39, 0.29) is 25.0 Å². The summed E-state index contributed by atoms with van der Waals surface area (Å²) >= 11 is 0. The quantitative estimate of drug-likeness (QED) is 0.640. The number of carboxylic acid groups (broad SMARTS) is 1. The van der Waals surface area contributed by atoms with E-state index in [4.69, 9.17) is 9.84 Å². The molecule has 30 heavy (non-hydrogen) atoms. The second-order valence-electron chi connectivity index (χ2n) is 8.92. The van der Waals surface area contributed by atoms with Crippen LogP contribution >= 0.6 is 0 Å². The SMILES string of the molecule is CC1CCC12CCC(Oc1ccc(-c3cccc(CNCC(=O)O)c3F)cc1)CC2. The van der Waals surface area contributed by atoms with Gasteiger partial charge in [0.2, 0.25) is 0 Å². The van der Waals surface area contributed by atoms with Crippen LogP contribution in [0.25, 0.3) is 11.1 Å². The van der Waals surface area contributed by atoms with Crippen molar-refractivity contribution in [2.75, 3.05) is 6.54 Å². The maximum Gasteiger partial charge on any atom is 0.317 e. The number of carbonyl (C=O) groups is 1. The van der Waals surface area contributed by atoms with Gasteiger partial charge in [-0.1, -0.05) is 37.3 Å². The van der Waals surface area contributed by atoms with Crippen molar-refractivity contribution in [3.05, 3.63) is 53.8 Å². The molecule has 4 rings (SSSR count). The van der Waals surface area contributed by atoms with Crippen LogP contribution in [0.4, 0.5) is 4.39 Å². The van der Waals surface area contributed by atoms with Gasteiger partial charge < -0.3 is 15.2 Å². The summed E-state index contributed by atoms with van der Waals surface area (Å²) in [4.78, 5) is 10.6. The van der Waals surface area contributed by atoms with E-state index >= 15 is 0 Å². The van der Waals surface area contributed by atoms with E-state index in [2.05, 4.69) is 12.2 Å². The Morgan fingerprint density at radius 1 is 1.13 bits per heavy atom. The van der Waals surface area contributed by atoms with Crippen molar-refractivity contribution >= 4 is 5.97 Å². The van der Waals surface area contributed by atoms with Gasteiger partial charge in [0.1, 0.15) is 11.6 Å². The van der Waals surface area contributed by atoms with Gasteiger partial charge in [-0.2, -0.15) is 0 Å². The first-order valence-electron chi connectivity index (χ1n) is 10.9. The van der Waals surface area contributed by atoms with Crippen LogP contribution in [-0.2, 0) is 11.3 Å².